The van der Waals surface area contributed by atoms with Gasteiger partial charge in [-0.2, -0.15) is 0 Å². The Bertz CT molecular complexity index is 104. The molecule has 2 N–H and O–H groups in total. The van der Waals surface area contributed by atoms with E-state index >= 15 is 0 Å². The van der Waals surface area contributed by atoms with E-state index in [0.29, 0.717) is 0 Å². The van der Waals surface area contributed by atoms with Crippen LogP contribution in [-0.4, -0.2) is 22.2 Å². The van der Waals surface area contributed by atoms with Crippen LogP contribution in [0.25, 0.3) is 0 Å². The molecule has 0 aliphatic heterocycles. The van der Waals surface area contributed by atoms with Crippen LogP contribution in [-0.2, 0) is 9.59 Å². The molecule has 0 amide bonds. The molecule has 0 saturated heterocycles. The Labute approximate surface area is 52.1 Å². The number of hydrogen-bond donors (Lipinski definition) is 2. The predicted octanol–water partition coefficient (Wildman–Crippen LogP) is 0.326. The summed E-state index contributed by atoms with van der Waals surface area (Å²) in [6.45, 7) is 0. The summed E-state index contributed by atoms with van der Waals surface area (Å²) in [7, 11) is 0. The smallest absolute Gasteiger partial charge is 0.303 e. The molecule has 0 rings (SSSR count). The summed E-state index contributed by atoms with van der Waals surface area (Å²) >= 11 is 0. The van der Waals surface area contributed by atoms with Crippen molar-refractivity contribution in [2.24, 2.45) is 0 Å². The van der Waals surface area contributed by atoms with Crippen LogP contribution in [0.15, 0.2) is 0 Å². The second-order valence-electron chi connectivity index (χ2n) is 1.64. The predicted molar refractivity (Wildman–Crippen MR) is 29.1 cm³/mol. The normalized spacial score (nSPS) is 8.89. The third-order valence-electron chi connectivity index (χ3n) is 0.781. The Hall–Kier alpha value is -1.06. The van der Waals surface area contributed by atoms with Crippen LogP contribution >= 0.6 is 0 Å². The van der Waals surface area contributed by atoms with Gasteiger partial charge < -0.3 is 10.2 Å². The van der Waals surface area contributed by atoms with E-state index in [0.717, 1.165) is 0 Å². The first-order chi connectivity index (χ1) is 4.13. The first-order valence-corrected chi connectivity index (χ1v) is 2.56. The highest BCUT2D eigenvalue weighted by Crippen LogP contribution is 1.93. The van der Waals surface area contributed by atoms with Crippen LogP contribution in [0.5, 0.6) is 0 Å². The fourth-order valence-electron chi connectivity index (χ4n) is 0.391. The summed E-state index contributed by atoms with van der Waals surface area (Å²) in [6.07, 6.45) is 0.0866. The van der Waals surface area contributed by atoms with E-state index in [9.17, 15) is 9.59 Å². The highest BCUT2D eigenvalue weighted by molar-refractivity contribution is 5.69. The lowest BCUT2D eigenvalue weighted by atomic mass is 10.4. The van der Waals surface area contributed by atoms with E-state index in [4.69, 9.17) is 10.2 Å². The molecule has 0 aromatic heterocycles. The fourth-order valence-corrected chi connectivity index (χ4v) is 0.391. The van der Waals surface area contributed by atoms with Crippen LogP contribution in [0, 0.1) is 0 Å². The van der Waals surface area contributed by atoms with Gasteiger partial charge in [-0.15, -0.1) is 0 Å². The van der Waals surface area contributed by atoms with Crippen molar-refractivity contribution in [3.63, 3.8) is 0 Å². The van der Waals surface area contributed by atoms with Crippen molar-refractivity contribution in [2.75, 3.05) is 0 Å². The van der Waals surface area contributed by atoms with Gasteiger partial charge in [0.25, 0.3) is 0 Å². The SMILES string of the molecule is O=[13C](O)CCC[13C](=O)O. The fraction of sp³-hybridized carbons (Fsp3) is 0.600. The molecule has 0 saturated carbocycles. The number of hydrogen-bond acceptors (Lipinski definition) is 2. The van der Waals surface area contributed by atoms with Crippen molar-refractivity contribution in [2.45, 2.75) is 19.3 Å². The van der Waals surface area contributed by atoms with Crippen LogP contribution in [0.3, 0.4) is 0 Å². The number of carboxylic acid groups (broad SMARTS) is 2. The molecule has 0 aromatic rings. The Balaban J connectivity index is 3.10. The van der Waals surface area contributed by atoms with E-state index < -0.39 is 11.9 Å². The molecule has 0 aromatic carbocycles. The zero-order valence-electron chi connectivity index (χ0n) is 4.83. The average molecular weight is 134 g/mol. The molecule has 0 aliphatic carbocycles. The van der Waals surface area contributed by atoms with Gasteiger partial charge in [0.15, 0.2) is 0 Å². The van der Waals surface area contributed by atoms with Gasteiger partial charge >= 0.3 is 11.9 Å². The Kier molecular flexibility index (Phi) is 3.43. The van der Waals surface area contributed by atoms with Gasteiger partial charge in [0.05, 0.1) is 0 Å². The van der Waals surface area contributed by atoms with Gasteiger partial charge in [0.1, 0.15) is 0 Å². The molecule has 0 spiro atoms. The van der Waals surface area contributed by atoms with Gasteiger partial charge in [-0.25, -0.2) is 0 Å². The zero-order chi connectivity index (χ0) is 7.28. The zero-order valence-corrected chi connectivity index (χ0v) is 4.83. The van der Waals surface area contributed by atoms with Gasteiger partial charge in [-0.1, -0.05) is 0 Å². The third-order valence-corrected chi connectivity index (χ3v) is 0.781. The molecular formula is C5H8O4. The lowest BCUT2D eigenvalue weighted by Gasteiger charge is -1.89. The van der Waals surface area contributed by atoms with E-state index in [1.165, 1.54) is 0 Å². The second-order valence-corrected chi connectivity index (χ2v) is 1.64. The lowest BCUT2D eigenvalue weighted by molar-refractivity contribution is -0.138. The third kappa shape index (κ3) is 6.94. The number of carboxylic acids is 2. The summed E-state index contributed by atoms with van der Waals surface area (Å²) in [5, 5.41) is 16.1. The summed E-state index contributed by atoms with van der Waals surface area (Å²) < 4.78 is 0. The Morgan fingerprint density at radius 2 is 1.33 bits per heavy atom. The molecule has 0 bridgehead atoms. The van der Waals surface area contributed by atoms with E-state index in [2.05, 4.69) is 0 Å². The van der Waals surface area contributed by atoms with Crippen molar-refractivity contribution in [1.29, 1.82) is 0 Å². The minimum atomic E-state index is -0.948. The van der Waals surface area contributed by atoms with Crippen LogP contribution in [0.2, 0.25) is 0 Å². The topological polar surface area (TPSA) is 74.6 Å². The Morgan fingerprint density at radius 3 is 1.56 bits per heavy atom. The van der Waals surface area contributed by atoms with Crippen LogP contribution < -0.4 is 0 Å². The number of aliphatic carboxylic acids is 2. The van der Waals surface area contributed by atoms with Gasteiger partial charge in [-0.3, -0.25) is 9.59 Å². The first kappa shape index (κ1) is 7.94. The molecule has 0 unspecified atom stereocenters. The Morgan fingerprint density at radius 1 is 1.00 bits per heavy atom. The quantitative estimate of drug-likeness (QED) is 0.543. The maximum atomic E-state index is 9.79. The highest BCUT2D eigenvalue weighted by Gasteiger charge is 1.99. The van der Waals surface area contributed by atoms with E-state index in [-0.39, 0.29) is 19.3 Å². The van der Waals surface area contributed by atoms with Crippen LogP contribution in [0.1, 0.15) is 19.3 Å². The molecule has 0 heterocycles. The van der Waals surface area contributed by atoms with Crippen molar-refractivity contribution < 1.29 is 19.8 Å². The maximum Gasteiger partial charge on any atom is 0.303 e. The van der Waals surface area contributed by atoms with Crippen molar-refractivity contribution in [3.8, 4) is 0 Å². The largest absolute Gasteiger partial charge is 0.481 e. The minimum absolute atomic E-state index is 0.0632. The van der Waals surface area contributed by atoms with E-state index in [1.807, 2.05) is 0 Å². The summed E-state index contributed by atoms with van der Waals surface area (Å²) in [6, 6.07) is 0. The van der Waals surface area contributed by atoms with E-state index in [1.54, 1.807) is 0 Å². The molecule has 4 nitrogen and oxygen atoms in total. The molecule has 9 heavy (non-hydrogen) atoms. The summed E-state index contributed by atoms with van der Waals surface area (Å²) in [4.78, 5) is 19.6. The van der Waals surface area contributed by atoms with Crippen molar-refractivity contribution >= 4 is 11.9 Å². The highest BCUT2D eigenvalue weighted by atomic mass is 16.5. The molecule has 0 fully saturated rings. The van der Waals surface area contributed by atoms with Gasteiger partial charge in [0.2, 0.25) is 0 Å². The van der Waals surface area contributed by atoms with Crippen molar-refractivity contribution in [1.82, 2.24) is 0 Å². The monoisotopic (exact) mass is 134 g/mol. The average Bonchev–Trinajstić information content (AvgIpc) is 1.63. The van der Waals surface area contributed by atoms with Gasteiger partial charge in [-0.05, 0) is 6.42 Å². The summed E-state index contributed by atoms with van der Waals surface area (Å²) in [5.41, 5.74) is 0. The standard InChI is InChI=1S/C5H8O4/c6-4(7)2-1-3-5(8)9/h1-3H2,(H,6,7)(H,8,9)/i4+1,5+1. The molecule has 4 heteroatoms. The molecule has 0 aliphatic rings. The molecule has 0 atom stereocenters. The van der Waals surface area contributed by atoms with Gasteiger partial charge in [0, 0.05) is 12.8 Å². The number of carbonyl (C=O) groups is 2. The lowest BCUT2D eigenvalue weighted by Crippen LogP contribution is -1.98. The maximum absolute atomic E-state index is 9.79. The molecule has 0 radical (unpaired) electrons. The first-order valence-electron chi connectivity index (χ1n) is 2.56. The van der Waals surface area contributed by atoms with Crippen molar-refractivity contribution in [3.05, 3.63) is 0 Å². The number of rotatable bonds is 4. The molecular weight excluding hydrogens is 126 g/mol. The minimum Gasteiger partial charge on any atom is -0.481 e. The molecule has 52 valence electrons. The summed E-state index contributed by atoms with van der Waals surface area (Å²) in [5.74, 6) is -1.90. The van der Waals surface area contributed by atoms with Crippen LogP contribution in [0.4, 0.5) is 0 Å². The second kappa shape index (κ2) is 3.88.